The lowest BCUT2D eigenvalue weighted by Gasteiger charge is -2.14. The number of rotatable bonds is 8. The van der Waals surface area contributed by atoms with Gasteiger partial charge in [-0.1, -0.05) is 12.1 Å². The van der Waals surface area contributed by atoms with E-state index in [0.29, 0.717) is 16.3 Å². The number of carbonyl (C=O) groups excluding carboxylic acids is 2. The Labute approximate surface area is 161 Å². The van der Waals surface area contributed by atoms with Crippen molar-refractivity contribution in [3.63, 3.8) is 0 Å². The van der Waals surface area contributed by atoms with Crippen LogP contribution in [-0.4, -0.2) is 33.1 Å². The Hall–Kier alpha value is -2.72. The Kier molecular flexibility index (Phi) is 6.70. The van der Waals surface area contributed by atoms with Gasteiger partial charge in [-0.3, -0.25) is 14.3 Å². The molecule has 0 aliphatic rings. The van der Waals surface area contributed by atoms with Crippen molar-refractivity contribution in [3.8, 4) is 5.75 Å². The van der Waals surface area contributed by atoms with Gasteiger partial charge in [-0.25, -0.2) is 8.42 Å². The zero-order valence-electron chi connectivity index (χ0n) is 14.7. The number of anilines is 2. The fraction of sp³-hybridized carbons (Fsp3) is 0.176. The summed E-state index contributed by atoms with van der Waals surface area (Å²) in [5.41, 5.74) is 5.71. The number of benzene rings is 2. The largest absolute Gasteiger partial charge is 0.495 e. The lowest BCUT2D eigenvalue weighted by atomic mass is 10.3. The summed E-state index contributed by atoms with van der Waals surface area (Å²) in [7, 11) is -2.53. The molecular weight excluding hydrogens is 390 g/mol. The van der Waals surface area contributed by atoms with E-state index in [4.69, 9.17) is 10.5 Å². The molecule has 0 saturated carbocycles. The number of ether oxygens (including phenoxy) is 1. The first-order valence-electron chi connectivity index (χ1n) is 7.71. The van der Waals surface area contributed by atoms with E-state index >= 15 is 0 Å². The van der Waals surface area contributed by atoms with Gasteiger partial charge in [0.1, 0.15) is 5.75 Å². The van der Waals surface area contributed by atoms with Gasteiger partial charge in [-0.2, -0.15) is 0 Å². The monoisotopic (exact) mass is 409 g/mol. The second kappa shape index (κ2) is 8.78. The summed E-state index contributed by atoms with van der Waals surface area (Å²) >= 11 is 1.13. The van der Waals surface area contributed by atoms with Crippen molar-refractivity contribution in [2.75, 3.05) is 22.9 Å². The number of hydrogen-bond donors (Lipinski definition) is 3. The molecule has 10 heteroatoms. The summed E-state index contributed by atoms with van der Waals surface area (Å²) in [6.45, 7) is 1.31. The Morgan fingerprint density at radius 3 is 2.48 bits per heavy atom. The number of hydrogen-bond acceptors (Lipinski definition) is 6. The fourth-order valence-electron chi connectivity index (χ4n) is 2.17. The SMILES string of the molecule is COc1ccc(S(=O)(=O)Nc2ccccc2SCC(N)=O)cc1NC(C)=O. The molecule has 8 nitrogen and oxygen atoms in total. The van der Waals surface area contributed by atoms with Gasteiger partial charge in [0.05, 0.1) is 29.1 Å². The van der Waals surface area contributed by atoms with Crippen LogP contribution in [0.25, 0.3) is 0 Å². The van der Waals surface area contributed by atoms with Gasteiger partial charge in [-0.05, 0) is 30.3 Å². The normalized spacial score (nSPS) is 10.9. The highest BCUT2D eigenvalue weighted by Gasteiger charge is 2.19. The average Bonchev–Trinajstić information content (AvgIpc) is 2.60. The van der Waals surface area contributed by atoms with Crippen LogP contribution in [0.2, 0.25) is 0 Å². The van der Waals surface area contributed by atoms with Gasteiger partial charge in [0.25, 0.3) is 10.0 Å². The van der Waals surface area contributed by atoms with Crippen LogP contribution < -0.4 is 20.5 Å². The molecule has 0 aliphatic heterocycles. The zero-order valence-corrected chi connectivity index (χ0v) is 16.3. The van der Waals surface area contributed by atoms with Gasteiger partial charge in [-0.15, -0.1) is 11.8 Å². The maximum atomic E-state index is 12.8. The van der Waals surface area contributed by atoms with Crippen LogP contribution >= 0.6 is 11.8 Å². The van der Waals surface area contributed by atoms with E-state index in [-0.39, 0.29) is 22.2 Å². The van der Waals surface area contributed by atoms with Crippen LogP contribution in [0.5, 0.6) is 5.75 Å². The lowest BCUT2D eigenvalue weighted by molar-refractivity contribution is -0.116. The first kappa shape index (κ1) is 20.6. The van der Waals surface area contributed by atoms with Crippen LogP contribution in [0.1, 0.15) is 6.92 Å². The fourth-order valence-corrected chi connectivity index (χ4v) is 4.09. The van der Waals surface area contributed by atoms with E-state index in [1.807, 2.05) is 0 Å². The maximum Gasteiger partial charge on any atom is 0.262 e. The molecule has 0 fully saturated rings. The van der Waals surface area contributed by atoms with Crippen LogP contribution in [0.4, 0.5) is 11.4 Å². The van der Waals surface area contributed by atoms with Gasteiger partial charge in [0.15, 0.2) is 0 Å². The second-order valence-electron chi connectivity index (χ2n) is 5.40. The third-order valence-corrected chi connectivity index (χ3v) is 5.75. The summed E-state index contributed by atoms with van der Waals surface area (Å²) in [6, 6.07) is 10.8. The number of carbonyl (C=O) groups is 2. The van der Waals surface area contributed by atoms with Gasteiger partial charge in [0, 0.05) is 11.8 Å². The first-order chi connectivity index (χ1) is 12.7. The number of nitrogens with two attached hydrogens (primary N) is 1. The summed E-state index contributed by atoms with van der Waals surface area (Å²) in [5.74, 6) is -0.508. The van der Waals surface area contributed by atoms with E-state index in [1.54, 1.807) is 24.3 Å². The maximum absolute atomic E-state index is 12.8. The van der Waals surface area contributed by atoms with Crippen molar-refractivity contribution in [2.45, 2.75) is 16.7 Å². The van der Waals surface area contributed by atoms with Crippen molar-refractivity contribution in [1.82, 2.24) is 0 Å². The Bertz CT molecular complexity index is 961. The van der Waals surface area contributed by atoms with Gasteiger partial charge >= 0.3 is 0 Å². The minimum absolute atomic E-state index is 0.0218. The van der Waals surface area contributed by atoms with Crippen molar-refractivity contribution < 1.29 is 22.7 Å². The number of methoxy groups -OCH3 is 1. The molecule has 4 N–H and O–H groups in total. The van der Waals surface area contributed by atoms with Gasteiger partial charge < -0.3 is 15.8 Å². The minimum atomic E-state index is -3.94. The highest BCUT2D eigenvalue weighted by Crippen LogP contribution is 2.31. The predicted molar refractivity (Wildman–Crippen MR) is 104 cm³/mol. The Morgan fingerprint density at radius 1 is 1.15 bits per heavy atom. The molecule has 0 unspecified atom stereocenters. The average molecular weight is 409 g/mol. The summed E-state index contributed by atoms with van der Waals surface area (Å²) in [4.78, 5) is 22.8. The third-order valence-electron chi connectivity index (χ3n) is 3.29. The van der Waals surface area contributed by atoms with Crippen molar-refractivity contribution >= 4 is 45.0 Å². The third kappa shape index (κ3) is 5.63. The summed E-state index contributed by atoms with van der Waals surface area (Å²) in [5, 5.41) is 2.53. The van der Waals surface area contributed by atoms with Crippen LogP contribution in [0, 0.1) is 0 Å². The molecule has 0 radical (unpaired) electrons. The smallest absolute Gasteiger partial charge is 0.262 e. The van der Waals surface area contributed by atoms with Gasteiger partial charge in [0.2, 0.25) is 11.8 Å². The van der Waals surface area contributed by atoms with Crippen LogP contribution in [0.3, 0.4) is 0 Å². The Morgan fingerprint density at radius 2 is 1.85 bits per heavy atom. The molecule has 0 bridgehead atoms. The number of thioether (sulfide) groups is 1. The number of amides is 2. The van der Waals surface area contributed by atoms with Crippen LogP contribution in [0.15, 0.2) is 52.3 Å². The summed E-state index contributed by atoms with van der Waals surface area (Å²) in [6.07, 6.45) is 0. The molecule has 0 aliphatic carbocycles. The van der Waals surface area contributed by atoms with E-state index < -0.39 is 15.9 Å². The molecule has 2 amide bonds. The molecule has 0 aromatic heterocycles. The number of sulfonamides is 1. The topological polar surface area (TPSA) is 128 Å². The summed E-state index contributed by atoms with van der Waals surface area (Å²) < 4.78 is 33.1. The molecule has 0 heterocycles. The number of primary amides is 1. The zero-order chi connectivity index (χ0) is 20.0. The first-order valence-corrected chi connectivity index (χ1v) is 10.2. The quantitative estimate of drug-likeness (QED) is 0.573. The molecule has 2 rings (SSSR count). The molecule has 27 heavy (non-hydrogen) atoms. The molecule has 2 aromatic rings. The molecule has 144 valence electrons. The molecular formula is C17H19N3O5S2. The van der Waals surface area contributed by atoms with Crippen molar-refractivity contribution in [3.05, 3.63) is 42.5 Å². The molecule has 0 spiro atoms. The van der Waals surface area contributed by atoms with E-state index in [2.05, 4.69) is 10.0 Å². The standard InChI is InChI=1S/C17H19N3O5S2/c1-11(21)19-14-9-12(7-8-15(14)25-2)27(23,24)20-13-5-3-4-6-16(13)26-10-17(18)22/h3-9,20H,10H2,1-2H3,(H2,18,22)(H,19,21). The highest BCUT2D eigenvalue weighted by atomic mass is 32.2. The minimum Gasteiger partial charge on any atom is -0.495 e. The van der Waals surface area contributed by atoms with Crippen molar-refractivity contribution in [1.29, 1.82) is 0 Å². The molecule has 0 saturated heterocycles. The van der Waals surface area contributed by atoms with E-state index in [9.17, 15) is 18.0 Å². The number of para-hydroxylation sites is 1. The molecule has 0 atom stereocenters. The van der Waals surface area contributed by atoms with E-state index in [1.165, 1.54) is 32.2 Å². The highest BCUT2D eigenvalue weighted by molar-refractivity contribution is 8.00. The van der Waals surface area contributed by atoms with Crippen molar-refractivity contribution in [2.24, 2.45) is 5.73 Å². The van der Waals surface area contributed by atoms with Crippen LogP contribution in [-0.2, 0) is 19.6 Å². The van der Waals surface area contributed by atoms with E-state index in [0.717, 1.165) is 11.8 Å². The predicted octanol–water partition coefficient (Wildman–Crippen LogP) is 2.03. The lowest BCUT2D eigenvalue weighted by Crippen LogP contribution is -2.16. The molecule has 2 aromatic carbocycles. The Balaban J connectivity index is 2.34. The second-order valence-corrected chi connectivity index (χ2v) is 8.10. The number of nitrogens with one attached hydrogen (secondary N) is 2.